The summed E-state index contributed by atoms with van der Waals surface area (Å²) < 4.78 is 5.76. The molecule has 1 aliphatic heterocycles. The molecule has 0 spiro atoms. The number of non-ortho nitro benzene ring substituents is 1. The molecule has 1 fully saturated rings. The quantitative estimate of drug-likeness (QED) is 0.497. The monoisotopic (exact) mass is 376 g/mol. The van der Waals surface area contributed by atoms with Crippen molar-refractivity contribution in [1.29, 1.82) is 0 Å². The van der Waals surface area contributed by atoms with Crippen LogP contribution in [0, 0.1) is 10.1 Å². The first-order chi connectivity index (χ1) is 9.96. The van der Waals surface area contributed by atoms with Gasteiger partial charge in [-0.25, -0.2) is 0 Å². The molecule has 8 heteroatoms. The topological polar surface area (TPSA) is 81.5 Å². The highest BCUT2D eigenvalue weighted by Gasteiger charge is 2.33. The van der Waals surface area contributed by atoms with Gasteiger partial charge in [0.2, 0.25) is 0 Å². The van der Waals surface area contributed by atoms with Crippen molar-refractivity contribution in [3.63, 3.8) is 0 Å². The lowest BCUT2D eigenvalue weighted by molar-refractivity contribution is -0.385. The number of nitro benzene ring substituents is 1. The minimum absolute atomic E-state index is 0.138. The summed E-state index contributed by atoms with van der Waals surface area (Å²) in [6.07, 6.45) is 1.25. The number of halogens is 2. The summed E-state index contributed by atoms with van der Waals surface area (Å²) in [5.41, 5.74) is -0.429. The van der Waals surface area contributed by atoms with Crippen LogP contribution in [0.4, 0.5) is 5.69 Å². The zero-order valence-corrected chi connectivity index (χ0v) is 13.4. The minimum Gasteiger partial charge on any atom is -0.381 e. The highest BCUT2D eigenvalue weighted by Crippen LogP contribution is 2.25. The van der Waals surface area contributed by atoms with E-state index < -0.39 is 10.5 Å². The lowest BCUT2D eigenvalue weighted by Gasteiger charge is -2.36. The van der Waals surface area contributed by atoms with Gasteiger partial charge in [0, 0.05) is 41.3 Å². The first-order valence-corrected chi connectivity index (χ1v) is 7.70. The van der Waals surface area contributed by atoms with Crippen LogP contribution in [0.3, 0.4) is 0 Å². The van der Waals surface area contributed by atoms with E-state index in [-0.39, 0.29) is 23.0 Å². The Morgan fingerprint density at radius 2 is 2.10 bits per heavy atom. The van der Waals surface area contributed by atoms with Gasteiger partial charge in [-0.15, -0.1) is 11.6 Å². The molecule has 1 aromatic carbocycles. The molecule has 1 aromatic rings. The molecule has 0 radical (unpaired) electrons. The fourth-order valence-electron chi connectivity index (χ4n) is 2.18. The molecule has 0 saturated carbocycles. The fraction of sp³-hybridized carbons (Fsp3) is 0.462. The molecule has 114 valence electrons. The first-order valence-electron chi connectivity index (χ1n) is 6.37. The molecule has 0 bridgehead atoms. The summed E-state index contributed by atoms with van der Waals surface area (Å²) in [5, 5.41) is 13.7. The number of ether oxygens (including phenoxy) is 1. The van der Waals surface area contributed by atoms with Gasteiger partial charge in [-0.3, -0.25) is 14.9 Å². The van der Waals surface area contributed by atoms with Crippen molar-refractivity contribution in [1.82, 2.24) is 5.32 Å². The number of alkyl halides is 1. The highest BCUT2D eigenvalue weighted by molar-refractivity contribution is 9.10. The molecule has 0 unspecified atom stereocenters. The molecular formula is C13H14BrClN2O4. The van der Waals surface area contributed by atoms with Crippen molar-refractivity contribution in [2.75, 3.05) is 19.1 Å². The Balaban J connectivity index is 2.21. The van der Waals surface area contributed by atoms with Crippen molar-refractivity contribution in [2.24, 2.45) is 0 Å². The van der Waals surface area contributed by atoms with Crippen molar-refractivity contribution in [3.8, 4) is 0 Å². The number of carbonyl (C=O) groups excluding carboxylic acids is 1. The largest absolute Gasteiger partial charge is 0.381 e. The summed E-state index contributed by atoms with van der Waals surface area (Å²) in [4.78, 5) is 22.7. The molecule has 6 nitrogen and oxygen atoms in total. The van der Waals surface area contributed by atoms with Crippen LogP contribution in [-0.4, -0.2) is 35.5 Å². The molecule has 1 amide bonds. The van der Waals surface area contributed by atoms with Gasteiger partial charge in [0.05, 0.1) is 10.5 Å². The van der Waals surface area contributed by atoms with Gasteiger partial charge in [0.15, 0.2) is 0 Å². The van der Waals surface area contributed by atoms with Gasteiger partial charge >= 0.3 is 0 Å². The summed E-state index contributed by atoms with van der Waals surface area (Å²) in [6.45, 7) is 1.07. The standard InChI is InChI=1S/C13H14BrClN2O4/c14-10-5-9(6-11(7-10)17(19)20)12(18)16-13(8-15)1-3-21-4-2-13/h5-7H,1-4,8H2,(H,16,18). The maximum absolute atomic E-state index is 12.4. The number of carbonyl (C=O) groups is 1. The Morgan fingerprint density at radius 1 is 1.43 bits per heavy atom. The molecule has 1 aliphatic rings. The zero-order valence-electron chi connectivity index (χ0n) is 11.1. The van der Waals surface area contributed by atoms with Gasteiger partial charge in [0.1, 0.15) is 0 Å². The SMILES string of the molecule is O=C(NC1(CCl)CCOCC1)c1cc(Br)cc([N+](=O)[O-])c1. The lowest BCUT2D eigenvalue weighted by Crippen LogP contribution is -2.53. The Kier molecular flexibility index (Phi) is 5.18. The Morgan fingerprint density at radius 3 is 2.67 bits per heavy atom. The normalized spacial score (nSPS) is 17.2. The molecule has 1 N–H and O–H groups in total. The van der Waals surface area contributed by atoms with Crippen molar-refractivity contribution < 1.29 is 14.5 Å². The van der Waals surface area contributed by atoms with E-state index in [4.69, 9.17) is 16.3 Å². The van der Waals surface area contributed by atoms with E-state index in [0.717, 1.165) is 0 Å². The number of nitrogens with one attached hydrogen (secondary N) is 1. The van der Waals surface area contributed by atoms with Crippen LogP contribution < -0.4 is 5.32 Å². The van der Waals surface area contributed by atoms with Gasteiger partial charge in [-0.05, 0) is 18.9 Å². The van der Waals surface area contributed by atoms with E-state index in [9.17, 15) is 14.9 Å². The number of nitrogens with zero attached hydrogens (tertiary/aromatic N) is 1. The summed E-state index contributed by atoms with van der Waals surface area (Å²) in [6, 6.07) is 4.15. The lowest BCUT2D eigenvalue weighted by atomic mass is 9.92. The number of benzene rings is 1. The van der Waals surface area contributed by atoms with Crippen molar-refractivity contribution >= 4 is 39.1 Å². The van der Waals surface area contributed by atoms with E-state index in [1.165, 1.54) is 12.1 Å². The molecule has 0 atom stereocenters. The predicted octanol–water partition coefficient (Wildman–Crippen LogP) is 2.88. The second-order valence-electron chi connectivity index (χ2n) is 4.94. The average molecular weight is 378 g/mol. The molecular weight excluding hydrogens is 364 g/mol. The maximum atomic E-state index is 12.4. The molecule has 1 heterocycles. The average Bonchev–Trinajstić information content (AvgIpc) is 2.47. The second kappa shape index (κ2) is 6.72. The Hall–Kier alpha value is -1.18. The minimum atomic E-state index is -0.534. The van der Waals surface area contributed by atoms with Crippen LogP contribution in [0.15, 0.2) is 22.7 Å². The smallest absolute Gasteiger partial charge is 0.271 e. The van der Waals surface area contributed by atoms with Crippen LogP contribution in [0.2, 0.25) is 0 Å². The van der Waals surface area contributed by atoms with Crippen LogP contribution in [0.5, 0.6) is 0 Å². The number of hydrogen-bond donors (Lipinski definition) is 1. The van der Waals surface area contributed by atoms with E-state index in [1.54, 1.807) is 6.07 Å². The van der Waals surface area contributed by atoms with E-state index >= 15 is 0 Å². The van der Waals surface area contributed by atoms with Crippen molar-refractivity contribution in [3.05, 3.63) is 38.3 Å². The summed E-state index contributed by atoms with van der Waals surface area (Å²) in [5.74, 6) is -0.0972. The third kappa shape index (κ3) is 3.93. The first kappa shape index (κ1) is 16.2. The predicted molar refractivity (Wildman–Crippen MR) is 81.8 cm³/mol. The van der Waals surface area contributed by atoms with E-state index in [0.29, 0.717) is 30.5 Å². The van der Waals surface area contributed by atoms with Gasteiger partial charge in [0.25, 0.3) is 11.6 Å². The van der Waals surface area contributed by atoms with Gasteiger partial charge in [-0.1, -0.05) is 15.9 Å². The zero-order chi connectivity index (χ0) is 15.5. The van der Waals surface area contributed by atoms with Crippen LogP contribution in [0.25, 0.3) is 0 Å². The number of rotatable bonds is 4. The van der Waals surface area contributed by atoms with Crippen molar-refractivity contribution in [2.45, 2.75) is 18.4 Å². The highest BCUT2D eigenvalue weighted by atomic mass is 79.9. The second-order valence-corrected chi connectivity index (χ2v) is 6.12. The Bertz CT molecular complexity index is 561. The molecule has 0 aromatic heterocycles. The summed E-state index contributed by atoms with van der Waals surface area (Å²) in [7, 11) is 0. The van der Waals surface area contributed by atoms with Gasteiger partial charge in [-0.2, -0.15) is 0 Å². The maximum Gasteiger partial charge on any atom is 0.271 e. The number of nitro groups is 1. The van der Waals surface area contributed by atoms with Crippen LogP contribution in [0.1, 0.15) is 23.2 Å². The third-order valence-electron chi connectivity index (χ3n) is 3.44. The summed E-state index contributed by atoms with van der Waals surface area (Å²) >= 11 is 9.17. The number of hydrogen-bond acceptors (Lipinski definition) is 4. The fourth-order valence-corrected chi connectivity index (χ4v) is 2.99. The third-order valence-corrected chi connectivity index (χ3v) is 4.41. The number of amides is 1. The molecule has 1 saturated heterocycles. The molecule has 0 aliphatic carbocycles. The van der Waals surface area contributed by atoms with E-state index in [1.807, 2.05) is 0 Å². The molecule has 2 rings (SSSR count). The van der Waals surface area contributed by atoms with Crippen LogP contribution >= 0.6 is 27.5 Å². The molecule has 21 heavy (non-hydrogen) atoms. The Labute approximate surface area is 135 Å². The van der Waals surface area contributed by atoms with E-state index in [2.05, 4.69) is 21.2 Å². The van der Waals surface area contributed by atoms with Gasteiger partial charge < -0.3 is 10.1 Å². The van der Waals surface area contributed by atoms with Crippen LogP contribution in [-0.2, 0) is 4.74 Å².